The first-order valence-corrected chi connectivity index (χ1v) is 7.41. The number of rotatable bonds is 4. The lowest BCUT2D eigenvalue weighted by Crippen LogP contribution is -2.26. The van der Waals surface area contributed by atoms with E-state index in [0.29, 0.717) is 17.8 Å². The number of nitrogens with zero attached hydrogens (tertiary/aromatic N) is 1. The summed E-state index contributed by atoms with van der Waals surface area (Å²) in [6.07, 6.45) is 0. The Morgan fingerprint density at radius 3 is 2.50 bits per heavy atom. The molecule has 0 spiro atoms. The highest BCUT2D eigenvalue weighted by molar-refractivity contribution is 9.10. The van der Waals surface area contributed by atoms with E-state index < -0.39 is 6.03 Å². The van der Waals surface area contributed by atoms with Crippen LogP contribution in [0.2, 0.25) is 0 Å². The molecule has 3 amide bonds. The van der Waals surface area contributed by atoms with Crippen molar-refractivity contribution in [3.05, 3.63) is 64.1 Å². The van der Waals surface area contributed by atoms with Crippen LogP contribution in [0.5, 0.6) is 0 Å². The number of nitrogens with one attached hydrogen (secondary N) is 1. The van der Waals surface area contributed by atoms with Crippen LogP contribution in [0.4, 0.5) is 10.5 Å². The second-order valence-electron chi connectivity index (χ2n) is 4.86. The van der Waals surface area contributed by atoms with Gasteiger partial charge in [-0.25, -0.2) is 4.79 Å². The van der Waals surface area contributed by atoms with Gasteiger partial charge in [0.05, 0.1) is 0 Å². The number of carbonyl (C=O) groups excluding carboxylic acids is 2. The summed E-state index contributed by atoms with van der Waals surface area (Å²) >= 11 is 3.38. The van der Waals surface area contributed by atoms with E-state index in [-0.39, 0.29) is 5.91 Å². The predicted molar refractivity (Wildman–Crippen MR) is 89.6 cm³/mol. The Balaban J connectivity index is 2.09. The number of halogens is 1. The summed E-state index contributed by atoms with van der Waals surface area (Å²) in [5, 5.41) is 2.46. The van der Waals surface area contributed by atoms with Crippen LogP contribution in [0.1, 0.15) is 15.9 Å². The number of benzene rings is 2. The van der Waals surface area contributed by atoms with E-state index in [4.69, 9.17) is 5.73 Å². The summed E-state index contributed by atoms with van der Waals surface area (Å²) in [4.78, 5) is 24.9. The van der Waals surface area contributed by atoms with Crippen molar-refractivity contribution in [2.45, 2.75) is 6.54 Å². The van der Waals surface area contributed by atoms with Gasteiger partial charge in [0, 0.05) is 29.3 Å². The highest BCUT2D eigenvalue weighted by Crippen LogP contribution is 2.15. The highest BCUT2D eigenvalue weighted by Gasteiger charge is 2.12. The number of urea groups is 1. The molecule has 22 heavy (non-hydrogen) atoms. The molecule has 3 N–H and O–H groups in total. The van der Waals surface area contributed by atoms with Gasteiger partial charge in [-0.05, 0) is 35.9 Å². The van der Waals surface area contributed by atoms with E-state index in [1.54, 1.807) is 36.2 Å². The first-order chi connectivity index (χ1) is 10.5. The maximum atomic E-state index is 12.4. The van der Waals surface area contributed by atoms with Crippen LogP contribution in [0.3, 0.4) is 0 Å². The van der Waals surface area contributed by atoms with E-state index in [9.17, 15) is 9.59 Å². The van der Waals surface area contributed by atoms with Crippen LogP contribution in [-0.2, 0) is 6.54 Å². The predicted octanol–water partition coefficient (Wildman–Crippen LogP) is 3.21. The first kappa shape index (κ1) is 16.0. The lowest BCUT2D eigenvalue weighted by molar-refractivity contribution is 0.0785. The molecule has 0 radical (unpaired) electrons. The standard InChI is InChI=1S/C16H16BrN3O2/c1-20(10-11-5-7-13(17)8-6-11)15(21)12-3-2-4-14(9-12)19-16(18)22/h2-9H,10H2,1H3,(H3,18,19,22). The van der Waals surface area contributed by atoms with Gasteiger partial charge in [-0.15, -0.1) is 0 Å². The fourth-order valence-corrected chi connectivity index (χ4v) is 2.29. The molecule has 2 aromatic carbocycles. The van der Waals surface area contributed by atoms with E-state index >= 15 is 0 Å². The number of hydrogen-bond donors (Lipinski definition) is 2. The maximum absolute atomic E-state index is 12.4. The minimum atomic E-state index is -0.659. The molecule has 0 heterocycles. The zero-order valence-electron chi connectivity index (χ0n) is 12.0. The number of anilines is 1. The molecule has 0 unspecified atom stereocenters. The largest absolute Gasteiger partial charge is 0.351 e. The Labute approximate surface area is 137 Å². The number of carbonyl (C=O) groups is 2. The third-order valence-corrected chi connectivity index (χ3v) is 3.59. The molecule has 0 fully saturated rings. The Morgan fingerprint density at radius 1 is 1.18 bits per heavy atom. The molecule has 0 aliphatic heterocycles. The Bertz CT molecular complexity index is 686. The molecule has 0 aromatic heterocycles. The van der Waals surface area contributed by atoms with Crippen molar-refractivity contribution in [1.29, 1.82) is 0 Å². The number of nitrogens with two attached hydrogens (primary N) is 1. The van der Waals surface area contributed by atoms with Crippen molar-refractivity contribution in [2.75, 3.05) is 12.4 Å². The summed E-state index contributed by atoms with van der Waals surface area (Å²) < 4.78 is 0.996. The van der Waals surface area contributed by atoms with Crippen LogP contribution < -0.4 is 11.1 Å². The van der Waals surface area contributed by atoms with Gasteiger partial charge in [0.25, 0.3) is 5.91 Å². The van der Waals surface area contributed by atoms with Crippen molar-refractivity contribution in [1.82, 2.24) is 4.90 Å². The Morgan fingerprint density at radius 2 is 1.86 bits per heavy atom. The fourth-order valence-electron chi connectivity index (χ4n) is 2.03. The molecule has 6 heteroatoms. The summed E-state index contributed by atoms with van der Waals surface area (Å²) in [5.41, 5.74) is 7.10. The van der Waals surface area contributed by atoms with Crippen molar-refractivity contribution in [3.63, 3.8) is 0 Å². The van der Waals surface area contributed by atoms with Gasteiger partial charge in [0.15, 0.2) is 0 Å². The van der Waals surface area contributed by atoms with Gasteiger partial charge in [-0.1, -0.05) is 34.1 Å². The quantitative estimate of drug-likeness (QED) is 0.876. The minimum absolute atomic E-state index is 0.129. The topological polar surface area (TPSA) is 75.4 Å². The molecule has 0 saturated heterocycles. The van der Waals surface area contributed by atoms with E-state index in [1.165, 1.54) is 0 Å². The van der Waals surface area contributed by atoms with Gasteiger partial charge in [-0.3, -0.25) is 4.79 Å². The van der Waals surface area contributed by atoms with Gasteiger partial charge in [0.2, 0.25) is 0 Å². The second-order valence-corrected chi connectivity index (χ2v) is 5.77. The van der Waals surface area contributed by atoms with Crippen LogP contribution in [-0.4, -0.2) is 23.9 Å². The lowest BCUT2D eigenvalue weighted by Gasteiger charge is -2.18. The smallest absolute Gasteiger partial charge is 0.316 e. The fraction of sp³-hybridized carbons (Fsp3) is 0.125. The zero-order chi connectivity index (χ0) is 16.1. The molecule has 114 valence electrons. The Hall–Kier alpha value is -2.34. The molecule has 5 nitrogen and oxygen atoms in total. The summed E-state index contributed by atoms with van der Waals surface area (Å²) in [7, 11) is 1.73. The Kier molecular flexibility index (Phi) is 5.16. The molecule has 0 aliphatic carbocycles. The van der Waals surface area contributed by atoms with Crippen LogP contribution >= 0.6 is 15.9 Å². The van der Waals surface area contributed by atoms with Crippen molar-refractivity contribution < 1.29 is 9.59 Å². The van der Waals surface area contributed by atoms with Gasteiger partial charge < -0.3 is 16.0 Å². The van der Waals surface area contributed by atoms with Crippen LogP contribution in [0, 0.1) is 0 Å². The van der Waals surface area contributed by atoms with Crippen LogP contribution in [0.25, 0.3) is 0 Å². The van der Waals surface area contributed by atoms with E-state index in [1.807, 2.05) is 24.3 Å². The molecule has 0 atom stereocenters. The average molecular weight is 362 g/mol. The third kappa shape index (κ3) is 4.33. The molecule has 0 aliphatic rings. The van der Waals surface area contributed by atoms with Gasteiger partial charge in [0.1, 0.15) is 0 Å². The number of amides is 3. The number of hydrogen-bond acceptors (Lipinski definition) is 2. The normalized spacial score (nSPS) is 10.1. The van der Waals surface area contributed by atoms with Crippen LogP contribution in [0.15, 0.2) is 53.0 Å². The molecule has 2 rings (SSSR count). The van der Waals surface area contributed by atoms with Crippen molar-refractivity contribution >= 4 is 33.6 Å². The second kappa shape index (κ2) is 7.09. The lowest BCUT2D eigenvalue weighted by atomic mass is 10.1. The third-order valence-electron chi connectivity index (χ3n) is 3.06. The summed E-state index contributed by atoms with van der Waals surface area (Å²) in [6, 6.07) is 13.8. The number of primary amides is 1. The monoisotopic (exact) mass is 361 g/mol. The first-order valence-electron chi connectivity index (χ1n) is 6.62. The van der Waals surface area contributed by atoms with E-state index in [0.717, 1.165) is 10.0 Å². The summed E-state index contributed by atoms with van der Waals surface area (Å²) in [5.74, 6) is -0.129. The van der Waals surface area contributed by atoms with E-state index in [2.05, 4.69) is 21.2 Å². The SMILES string of the molecule is CN(Cc1ccc(Br)cc1)C(=O)c1cccc(NC(N)=O)c1. The minimum Gasteiger partial charge on any atom is -0.351 e. The maximum Gasteiger partial charge on any atom is 0.316 e. The zero-order valence-corrected chi connectivity index (χ0v) is 13.6. The molecular formula is C16H16BrN3O2. The average Bonchev–Trinajstić information content (AvgIpc) is 2.48. The van der Waals surface area contributed by atoms with Gasteiger partial charge >= 0.3 is 6.03 Å². The molecule has 0 saturated carbocycles. The van der Waals surface area contributed by atoms with Crippen molar-refractivity contribution in [2.24, 2.45) is 5.73 Å². The molecule has 0 bridgehead atoms. The highest BCUT2D eigenvalue weighted by atomic mass is 79.9. The molecular weight excluding hydrogens is 346 g/mol. The van der Waals surface area contributed by atoms with Crippen molar-refractivity contribution in [3.8, 4) is 0 Å². The summed E-state index contributed by atoms with van der Waals surface area (Å²) in [6.45, 7) is 0.500. The molecule has 2 aromatic rings. The van der Waals surface area contributed by atoms with Gasteiger partial charge in [-0.2, -0.15) is 0 Å².